The highest BCUT2D eigenvalue weighted by atomic mass is 16.7. The molecule has 2 heterocycles. The Labute approximate surface area is 212 Å². The van der Waals surface area contributed by atoms with Gasteiger partial charge in [0.1, 0.15) is 24.5 Å². The lowest BCUT2D eigenvalue weighted by Crippen LogP contribution is -2.68. The summed E-state index contributed by atoms with van der Waals surface area (Å²) in [7, 11) is 0. The van der Waals surface area contributed by atoms with Crippen LogP contribution in [-0.2, 0) is 33.3 Å². The second-order valence-electron chi connectivity index (χ2n) is 8.44. The van der Waals surface area contributed by atoms with Gasteiger partial charge in [-0.2, -0.15) is 0 Å². The fourth-order valence-corrected chi connectivity index (χ4v) is 4.37. The number of hydrogen-bond donors (Lipinski definition) is 0. The number of carbonyl (C=O) groups excluding carboxylic acids is 5. The van der Waals surface area contributed by atoms with Gasteiger partial charge in [0, 0.05) is 20.8 Å². The van der Waals surface area contributed by atoms with Crippen LogP contribution in [0.4, 0.5) is 0 Å². The molecule has 11 heteroatoms. The molecule has 0 saturated carbocycles. The third-order valence-corrected chi connectivity index (χ3v) is 5.79. The minimum Gasteiger partial charge on any atom is -0.463 e. The van der Waals surface area contributed by atoms with Gasteiger partial charge < -0.3 is 23.7 Å². The minimum atomic E-state index is -1.41. The van der Waals surface area contributed by atoms with E-state index < -0.39 is 60.4 Å². The molecule has 1 fully saturated rings. The first kappa shape index (κ1) is 25.8. The van der Waals surface area contributed by atoms with Crippen LogP contribution in [0.5, 0.6) is 5.75 Å². The van der Waals surface area contributed by atoms with E-state index in [2.05, 4.69) is 0 Å². The van der Waals surface area contributed by atoms with Crippen LogP contribution in [0.15, 0.2) is 54.6 Å². The number of imide groups is 1. The molecule has 0 unspecified atom stereocenters. The van der Waals surface area contributed by atoms with Crippen molar-refractivity contribution < 1.29 is 47.7 Å². The molecule has 0 aromatic heterocycles. The van der Waals surface area contributed by atoms with E-state index in [0.717, 1.165) is 18.7 Å². The van der Waals surface area contributed by atoms with Crippen molar-refractivity contribution in [3.8, 4) is 5.75 Å². The second kappa shape index (κ2) is 10.8. The van der Waals surface area contributed by atoms with Gasteiger partial charge in [0.15, 0.2) is 12.2 Å². The number of para-hydroxylation sites is 1. The van der Waals surface area contributed by atoms with Gasteiger partial charge in [-0.3, -0.25) is 28.9 Å². The normalized spacial score (nSPS) is 24.7. The van der Waals surface area contributed by atoms with Crippen molar-refractivity contribution in [2.75, 3.05) is 6.61 Å². The van der Waals surface area contributed by atoms with Gasteiger partial charge in [-0.25, -0.2) is 0 Å². The molecule has 2 aliphatic rings. The predicted octanol–water partition coefficient (Wildman–Crippen LogP) is 1.88. The lowest BCUT2D eigenvalue weighted by Gasteiger charge is -2.46. The molecular formula is C26H25NO10. The molecule has 0 spiro atoms. The number of amides is 2. The van der Waals surface area contributed by atoms with Crippen LogP contribution in [-0.4, -0.2) is 71.9 Å². The number of fused-ring (bicyclic) bond motifs is 1. The van der Waals surface area contributed by atoms with Gasteiger partial charge in [-0.05, 0) is 24.3 Å². The molecule has 2 aromatic carbocycles. The standard InChI is InChI=1S/C26H25NO10/c1-14(28)33-13-20-22(34-15(2)29)23(35-16(3)30)21(26(37-20)36-17-9-5-4-6-10-17)27-24(31)18-11-7-8-12-19(18)25(27)32/h4-12,20-23,26H,13H2,1-3H3/t20-,21+,22-,23-,26+/m1/s1. The Bertz CT molecular complexity index is 1180. The average molecular weight is 511 g/mol. The summed E-state index contributed by atoms with van der Waals surface area (Å²) in [6.07, 6.45) is -5.30. The van der Waals surface area contributed by atoms with Crippen LogP contribution < -0.4 is 4.74 Å². The zero-order valence-corrected chi connectivity index (χ0v) is 20.3. The number of benzene rings is 2. The van der Waals surface area contributed by atoms with Crippen molar-refractivity contribution >= 4 is 29.7 Å². The van der Waals surface area contributed by atoms with Gasteiger partial charge >= 0.3 is 17.9 Å². The van der Waals surface area contributed by atoms with Gasteiger partial charge in [0.25, 0.3) is 11.8 Å². The van der Waals surface area contributed by atoms with Crippen molar-refractivity contribution in [1.82, 2.24) is 4.90 Å². The maximum atomic E-state index is 13.4. The molecule has 4 rings (SSSR count). The van der Waals surface area contributed by atoms with E-state index in [1.54, 1.807) is 42.5 Å². The summed E-state index contributed by atoms with van der Waals surface area (Å²) < 4.78 is 28.2. The van der Waals surface area contributed by atoms with Crippen LogP contribution in [0.2, 0.25) is 0 Å². The van der Waals surface area contributed by atoms with E-state index in [1.165, 1.54) is 19.1 Å². The Morgan fingerprint density at radius 3 is 1.86 bits per heavy atom. The zero-order chi connectivity index (χ0) is 26.7. The summed E-state index contributed by atoms with van der Waals surface area (Å²) in [6.45, 7) is 3.08. The summed E-state index contributed by atoms with van der Waals surface area (Å²) in [5.74, 6) is -3.14. The lowest BCUT2D eigenvalue weighted by molar-refractivity contribution is -0.265. The van der Waals surface area contributed by atoms with Gasteiger partial charge in [-0.1, -0.05) is 30.3 Å². The van der Waals surface area contributed by atoms with Crippen molar-refractivity contribution in [2.45, 2.75) is 51.4 Å². The van der Waals surface area contributed by atoms with Crippen LogP contribution >= 0.6 is 0 Å². The van der Waals surface area contributed by atoms with Crippen molar-refractivity contribution in [1.29, 1.82) is 0 Å². The molecule has 194 valence electrons. The molecule has 11 nitrogen and oxygen atoms in total. The third kappa shape index (κ3) is 5.46. The Morgan fingerprint density at radius 1 is 0.784 bits per heavy atom. The molecule has 0 N–H and O–H groups in total. The summed E-state index contributed by atoms with van der Waals surface area (Å²) in [5, 5.41) is 0. The second-order valence-corrected chi connectivity index (χ2v) is 8.44. The monoisotopic (exact) mass is 511 g/mol. The van der Waals surface area contributed by atoms with Crippen LogP contribution in [0.1, 0.15) is 41.5 Å². The van der Waals surface area contributed by atoms with E-state index in [-0.39, 0.29) is 17.7 Å². The number of carbonyl (C=O) groups is 5. The van der Waals surface area contributed by atoms with E-state index >= 15 is 0 Å². The Kier molecular flexibility index (Phi) is 7.53. The molecule has 2 aromatic rings. The van der Waals surface area contributed by atoms with Gasteiger partial charge in [-0.15, -0.1) is 0 Å². The van der Waals surface area contributed by atoms with E-state index in [9.17, 15) is 24.0 Å². The Balaban J connectivity index is 1.81. The number of hydrogen-bond acceptors (Lipinski definition) is 10. The first-order valence-corrected chi connectivity index (χ1v) is 11.5. The quantitative estimate of drug-likeness (QED) is 0.308. The maximum Gasteiger partial charge on any atom is 0.303 e. The molecule has 0 bridgehead atoms. The van der Waals surface area contributed by atoms with E-state index in [4.69, 9.17) is 23.7 Å². The number of esters is 3. The minimum absolute atomic E-state index is 0.151. The van der Waals surface area contributed by atoms with Crippen molar-refractivity contribution in [3.05, 3.63) is 65.7 Å². The molecule has 37 heavy (non-hydrogen) atoms. The Morgan fingerprint density at radius 2 is 1.32 bits per heavy atom. The summed E-state index contributed by atoms with van der Waals surface area (Å²) in [5.41, 5.74) is 0.303. The molecule has 5 atom stereocenters. The first-order chi connectivity index (χ1) is 17.7. The van der Waals surface area contributed by atoms with Crippen LogP contribution in [0, 0.1) is 0 Å². The fraction of sp³-hybridized carbons (Fsp3) is 0.346. The molecule has 1 saturated heterocycles. The molecule has 0 aliphatic carbocycles. The zero-order valence-electron chi connectivity index (χ0n) is 20.3. The molecule has 0 radical (unpaired) electrons. The van der Waals surface area contributed by atoms with Crippen molar-refractivity contribution in [3.63, 3.8) is 0 Å². The fourth-order valence-electron chi connectivity index (χ4n) is 4.37. The van der Waals surface area contributed by atoms with E-state index in [1.807, 2.05) is 0 Å². The van der Waals surface area contributed by atoms with E-state index in [0.29, 0.717) is 5.75 Å². The highest BCUT2D eigenvalue weighted by molar-refractivity contribution is 6.21. The highest BCUT2D eigenvalue weighted by Gasteiger charge is 2.57. The van der Waals surface area contributed by atoms with Crippen LogP contribution in [0.25, 0.3) is 0 Å². The lowest BCUT2D eigenvalue weighted by atomic mass is 9.94. The summed E-state index contributed by atoms with van der Waals surface area (Å²) >= 11 is 0. The summed E-state index contributed by atoms with van der Waals surface area (Å²) in [4.78, 5) is 63.5. The molecule has 2 aliphatic heterocycles. The topological polar surface area (TPSA) is 135 Å². The smallest absolute Gasteiger partial charge is 0.303 e. The number of nitrogens with zero attached hydrogens (tertiary/aromatic N) is 1. The average Bonchev–Trinajstić information content (AvgIpc) is 3.10. The van der Waals surface area contributed by atoms with Gasteiger partial charge in [0.05, 0.1) is 11.1 Å². The summed E-state index contributed by atoms with van der Waals surface area (Å²) in [6, 6.07) is 13.3. The predicted molar refractivity (Wildman–Crippen MR) is 124 cm³/mol. The maximum absolute atomic E-state index is 13.4. The number of ether oxygens (including phenoxy) is 5. The number of rotatable bonds is 7. The Hall–Kier alpha value is -4.25. The SMILES string of the molecule is CC(=O)OC[C@H]1O[C@H](Oc2ccccc2)[C@@H](N2C(=O)c3ccccc3C2=O)[C@@H](OC(C)=O)[C@@H]1OC(C)=O. The first-order valence-electron chi connectivity index (χ1n) is 11.5. The highest BCUT2D eigenvalue weighted by Crippen LogP contribution is 2.36. The van der Waals surface area contributed by atoms with Gasteiger partial charge in [0.2, 0.25) is 6.29 Å². The van der Waals surface area contributed by atoms with Crippen LogP contribution in [0.3, 0.4) is 0 Å². The van der Waals surface area contributed by atoms with Crippen molar-refractivity contribution in [2.24, 2.45) is 0 Å². The molecular weight excluding hydrogens is 486 g/mol. The molecule has 2 amide bonds. The largest absolute Gasteiger partial charge is 0.463 e. The third-order valence-electron chi connectivity index (χ3n) is 5.79.